The molecular formula is C25H20Br2N2O4. The Bertz CT molecular complexity index is 1160. The largest absolute Gasteiger partial charge is 0.481 e. The lowest BCUT2D eigenvalue weighted by Crippen LogP contribution is -2.33. The van der Waals surface area contributed by atoms with Crippen molar-refractivity contribution in [2.45, 2.75) is 13.0 Å². The fourth-order valence-corrected chi connectivity index (χ4v) is 3.25. The van der Waals surface area contributed by atoms with Crippen LogP contribution in [0.25, 0.3) is 6.08 Å². The maximum Gasteiger partial charge on any atom is 0.336 e. The monoisotopic (exact) mass is 570 g/mol. The summed E-state index contributed by atoms with van der Waals surface area (Å²) >= 11 is 6.73. The summed E-state index contributed by atoms with van der Waals surface area (Å²) in [6.45, 7) is 1.62. The van der Waals surface area contributed by atoms with Crippen molar-refractivity contribution in [1.82, 2.24) is 5.43 Å². The topological polar surface area (TPSA) is 77.0 Å². The van der Waals surface area contributed by atoms with Gasteiger partial charge in [0.1, 0.15) is 11.5 Å². The van der Waals surface area contributed by atoms with E-state index in [1.165, 1.54) is 12.3 Å². The highest BCUT2D eigenvalue weighted by Crippen LogP contribution is 2.22. The van der Waals surface area contributed by atoms with Crippen LogP contribution in [0.15, 0.2) is 92.9 Å². The molecule has 1 N–H and O–H groups in total. The maximum atomic E-state index is 12.3. The predicted octanol–water partition coefficient (Wildman–Crippen LogP) is 5.75. The van der Waals surface area contributed by atoms with Crippen LogP contribution in [0.5, 0.6) is 11.5 Å². The number of rotatable bonds is 8. The molecule has 0 saturated carbocycles. The smallest absolute Gasteiger partial charge is 0.336 e. The third-order valence-electron chi connectivity index (χ3n) is 4.27. The molecule has 6 nitrogen and oxygen atoms in total. The van der Waals surface area contributed by atoms with E-state index in [0.717, 1.165) is 14.5 Å². The molecule has 1 atom stereocenters. The molecule has 0 radical (unpaired) electrons. The van der Waals surface area contributed by atoms with E-state index in [1.54, 1.807) is 43.3 Å². The van der Waals surface area contributed by atoms with Crippen molar-refractivity contribution in [2.75, 3.05) is 0 Å². The van der Waals surface area contributed by atoms with Gasteiger partial charge in [-0.3, -0.25) is 4.79 Å². The molecule has 0 spiro atoms. The molecule has 33 heavy (non-hydrogen) atoms. The standard InChI is InChI=1S/C25H20Br2N2O4/c1-17(32-22-11-8-20(26)9-12-22)25(31)29-28-16-19-15-21(27)10-13-23(19)33-24(30)14-7-18-5-3-2-4-6-18/h2-17H,1H3,(H,29,31)/b14-7+,28-16-/t17-/m1/s1. The van der Waals surface area contributed by atoms with Crippen molar-refractivity contribution in [3.8, 4) is 11.5 Å². The Balaban J connectivity index is 1.61. The van der Waals surface area contributed by atoms with Gasteiger partial charge in [-0.05, 0) is 61.0 Å². The lowest BCUT2D eigenvalue weighted by Gasteiger charge is -2.13. The van der Waals surface area contributed by atoms with Crippen LogP contribution in [0.2, 0.25) is 0 Å². The molecule has 0 aliphatic carbocycles. The Labute approximate surface area is 208 Å². The number of hydrazone groups is 1. The van der Waals surface area contributed by atoms with Crippen LogP contribution < -0.4 is 14.9 Å². The highest BCUT2D eigenvalue weighted by Gasteiger charge is 2.14. The summed E-state index contributed by atoms with van der Waals surface area (Å²) in [6.07, 6.45) is 3.66. The van der Waals surface area contributed by atoms with E-state index in [2.05, 4.69) is 42.4 Å². The summed E-state index contributed by atoms with van der Waals surface area (Å²) < 4.78 is 12.7. The summed E-state index contributed by atoms with van der Waals surface area (Å²) in [4.78, 5) is 24.5. The van der Waals surface area contributed by atoms with E-state index in [0.29, 0.717) is 17.1 Å². The SMILES string of the molecule is C[C@@H](Oc1ccc(Br)cc1)C(=O)N/N=C\c1cc(Br)ccc1OC(=O)/C=C/c1ccccc1. The van der Waals surface area contributed by atoms with Crippen LogP contribution in [0.4, 0.5) is 0 Å². The third-order valence-corrected chi connectivity index (χ3v) is 5.29. The quantitative estimate of drug-likeness (QED) is 0.123. The Kier molecular flexibility index (Phi) is 8.97. The number of halogens is 2. The van der Waals surface area contributed by atoms with Gasteiger partial charge in [-0.2, -0.15) is 5.10 Å². The second-order valence-corrected chi connectivity index (χ2v) is 8.63. The number of esters is 1. The van der Waals surface area contributed by atoms with Crippen molar-refractivity contribution in [3.63, 3.8) is 0 Å². The van der Waals surface area contributed by atoms with Gasteiger partial charge < -0.3 is 9.47 Å². The molecule has 3 aromatic rings. The number of nitrogens with zero attached hydrogens (tertiary/aromatic N) is 1. The Hall–Kier alpha value is -3.23. The average Bonchev–Trinajstić information content (AvgIpc) is 2.81. The molecule has 0 aliphatic heterocycles. The molecule has 0 heterocycles. The van der Waals surface area contributed by atoms with Crippen molar-refractivity contribution in [2.24, 2.45) is 5.10 Å². The van der Waals surface area contributed by atoms with Crippen LogP contribution in [-0.4, -0.2) is 24.2 Å². The fourth-order valence-electron chi connectivity index (χ4n) is 2.61. The normalized spacial score (nSPS) is 12.0. The van der Waals surface area contributed by atoms with Gasteiger partial charge >= 0.3 is 5.97 Å². The molecule has 0 unspecified atom stereocenters. The Morgan fingerprint density at radius 1 is 0.970 bits per heavy atom. The molecule has 3 aromatic carbocycles. The van der Waals surface area contributed by atoms with Gasteiger partial charge in [0.2, 0.25) is 0 Å². The van der Waals surface area contributed by atoms with Gasteiger partial charge in [0.05, 0.1) is 6.21 Å². The summed E-state index contributed by atoms with van der Waals surface area (Å²) in [5, 5.41) is 3.98. The molecule has 3 rings (SSSR count). The number of nitrogens with one attached hydrogen (secondary N) is 1. The first-order valence-corrected chi connectivity index (χ1v) is 11.5. The van der Waals surface area contributed by atoms with Crippen molar-refractivity contribution in [3.05, 3.63) is 98.9 Å². The fraction of sp³-hybridized carbons (Fsp3) is 0.0800. The number of hydrogen-bond donors (Lipinski definition) is 1. The van der Waals surface area contributed by atoms with E-state index in [4.69, 9.17) is 9.47 Å². The van der Waals surface area contributed by atoms with Gasteiger partial charge in [0.15, 0.2) is 6.10 Å². The first kappa shape index (κ1) is 24.4. The molecule has 168 valence electrons. The summed E-state index contributed by atoms with van der Waals surface area (Å²) in [5.41, 5.74) is 3.83. The molecule has 0 aliphatic rings. The highest BCUT2D eigenvalue weighted by molar-refractivity contribution is 9.10. The zero-order valence-electron chi connectivity index (χ0n) is 17.6. The van der Waals surface area contributed by atoms with Gasteiger partial charge in [-0.25, -0.2) is 10.2 Å². The van der Waals surface area contributed by atoms with E-state index in [-0.39, 0.29) is 0 Å². The van der Waals surface area contributed by atoms with Crippen molar-refractivity contribution in [1.29, 1.82) is 0 Å². The van der Waals surface area contributed by atoms with Crippen molar-refractivity contribution < 1.29 is 19.1 Å². The van der Waals surface area contributed by atoms with E-state index < -0.39 is 18.0 Å². The second-order valence-electron chi connectivity index (χ2n) is 6.80. The zero-order valence-corrected chi connectivity index (χ0v) is 20.7. The van der Waals surface area contributed by atoms with Crippen LogP contribution in [-0.2, 0) is 9.59 Å². The van der Waals surface area contributed by atoms with Crippen LogP contribution >= 0.6 is 31.9 Å². The van der Waals surface area contributed by atoms with Crippen molar-refractivity contribution >= 4 is 56.0 Å². The number of carbonyl (C=O) groups excluding carboxylic acids is 2. The first-order chi connectivity index (χ1) is 15.9. The number of hydrogen-bond acceptors (Lipinski definition) is 5. The summed E-state index contributed by atoms with van der Waals surface area (Å²) in [5.74, 6) is -0.0856. The molecular weight excluding hydrogens is 552 g/mol. The van der Waals surface area contributed by atoms with Crippen LogP contribution in [0.3, 0.4) is 0 Å². The molecule has 8 heteroatoms. The van der Waals surface area contributed by atoms with E-state index >= 15 is 0 Å². The number of ether oxygens (including phenoxy) is 2. The first-order valence-electron chi connectivity index (χ1n) is 9.90. The molecule has 0 fully saturated rings. The lowest BCUT2D eigenvalue weighted by atomic mass is 10.2. The van der Waals surface area contributed by atoms with Gasteiger partial charge in [-0.15, -0.1) is 0 Å². The number of benzene rings is 3. The average molecular weight is 572 g/mol. The number of carbonyl (C=O) groups is 2. The Morgan fingerprint density at radius 3 is 2.39 bits per heavy atom. The van der Waals surface area contributed by atoms with Gasteiger partial charge in [-0.1, -0.05) is 62.2 Å². The molecule has 1 amide bonds. The zero-order chi connectivity index (χ0) is 23.6. The molecule has 0 aromatic heterocycles. The van der Waals surface area contributed by atoms with Gasteiger partial charge in [0.25, 0.3) is 5.91 Å². The van der Waals surface area contributed by atoms with E-state index in [9.17, 15) is 9.59 Å². The lowest BCUT2D eigenvalue weighted by molar-refractivity contribution is -0.129. The summed E-state index contributed by atoms with van der Waals surface area (Å²) in [7, 11) is 0. The van der Waals surface area contributed by atoms with Crippen LogP contribution in [0, 0.1) is 0 Å². The maximum absolute atomic E-state index is 12.3. The predicted molar refractivity (Wildman–Crippen MR) is 135 cm³/mol. The van der Waals surface area contributed by atoms with E-state index in [1.807, 2.05) is 42.5 Å². The van der Waals surface area contributed by atoms with Gasteiger partial charge in [0, 0.05) is 20.6 Å². The number of amides is 1. The molecule has 0 saturated heterocycles. The van der Waals surface area contributed by atoms with Crippen LogP contribution in [0.1, 0.15) is 18.1 Å². The minimum Gasteiger partial charge on any atom is -0.481 e. The summed E-state index contributed by atoms with van der Waals surface area (Å²) in [6, 6.07) is 21.7. The third kappa shape index (κ3) is 8.00. The minimum absolute atomic E-state index is 0.304. The highest BCUT2D eigenvalue weighted by atomic mass is 79.9. The molecule has 0 bridgehead atoms. The Morgan fingerprint density at radius 2 is 1.67 bits per heavy atom. The minimum atomic E-state index is -0.758. The second kappa shape index (κ2) is 12.1.